The molecule has 2 fully saturated rings. The number of aromatic nitrogens is 1. The number of fused-ring (bicyclic) bond motifs is 3. The molecule has 2 aliphatic heterocycles. The van der Waals surface area contributed by atoms with Gasteiger partial charge in [-0.15, -0.1) is 0 Å². The maximum atomic E-state index is 14.5. The number of hydrogen-bond acceptors (Lipinski definition) is 3. The third-order valence-electron chi connectivity index (χ3n) is 5.67. The minimum absolute atomic E-state index is 0.0559. The number of halogens is 1. The molecule has 0 aliphatic carbocycles. The molecule has 0 radical (unpaired) electrons. The van der Waals surface area contributed by atoms with E-state index in [0.29, 0.717) is 30.5 Å². The van der Waals surface area contributed by atoms with Gasteiger partial charge in [-0.2, -0.15) is 0 Å². The highest BCUT2D eigenvalue weighted by Crippen LogP contribution is 2.31. The Hall–Kier alpha value is -2.90. The molecule has 1 aromatic carbocycles. The van der Waals surface area contributed by atoms with Crippen molar-refractivity contribution in [2.75, 3.05) is 19.6 Å². The lowest BCUT2D eigenvalue weighted by atomic mass is 9.90. The molecule has 2 atom stereocenters. The summed E-state index contributed by atoms with van der Waals surface area (Å²) >= 11 is 0. The van der Waals surface area contributed by atoms with Crippen molar-refractivity contribution in [3.05, 3.63) is 35.8 Å². The number of nitrogens with one attached hydrogen (secondary N) is 2. The monoisotopic (exact) mass is 386 g/mol. The van der Waals surface area contributed by atoms with Crippen LogP contribution in [0.4, 0.5) is 4.39 Å². The molecule has 1 aromatic heterocycles. The third kappa shape index (κ3) is 3.02. The van der Waals surface area contributed by atoms with Crippen LogP contribution in [0.25, 0.3) is 10.9 Å². The Bertz CT molecular complexity index is 927. The van der Waals surface area contributed by atoms with Crippen LogP contribution < -0.4 is 5.32 Å². The summed E-state index contributed by atoms with van der Waals surface area (Å²) in [5, 5.41) is 3.10. The van der Waals surface area contributed by atoms with E-state index in [4.69, 9.17) is 0 Å². The van der Waals surface area contributed by atoms with Gasteiger partial charge in [0.15, 0.2) is 0 Å². The van der Waals surface area contributed by atoms with E-state index in [9.17, 15) is 18.8 Å². The van der Waals surface area contributed by atoms with Crippen molar-refractivity contribution in [1.29, 1.82) is 0 Å². The Labute approximate surface area is 161 Å². The minimum atomic E-state index is -0.609. The fourth-order valence-corrected chi connectivity index (χ4v) is 4.44. The van der Waals surface area contributed by atoms with Crippen molar-refractivity contribution < 1.29 is 18.8 Å². The molecule has 148 valence electrons. The van der Waals surface area contributed by atoms with Gasteiger partial charge >= 0.3 is 11.8 Å². The SMILES string of the molecule is CCNC(=O)C(=O)N1C2CCCC1CN(C(=O)c1c(F)ccc3[nH]ccc13)C2. The normalized spacial score (nSPS) is 21.6. The topological polar surface area (TPSA) is 85.5 Å². The first-order valence-electron chi connectivity index (χ1n) is 9.66. The molecule has 3 heterocycles. The van der Waals surface area contributed by atoms with Gasteiger partial charge in [-0.05, 0) is 44.4 Å². The van der Waals surface area contributed by atoms with Gasteiger partial charge in [-0.25, -0.2) is 4.39 Å². The fourth-order valence-electron chi connectivity index (χ4n) is 4.44. The first-order valence-corrected chi connectivity index (χ1v) is 9.66. The second-order valence-electron chi connectivity index (χ2n) is 7.38. The van der Waals surface area contributed by atoms with Gasteiger partial charge in [-0.3, -0.25) is 14.4 Å². The van der Waals surface area contributed by atoms with Gasteiger partial charge in [0.2, 0.25) is 0 Å². The molecule has 28 heavy (non-hydrogen) atoms. The lowest BCUT2D eigenvalue weighted by Crippen LogP contribution is -2.65. The number of carbonyl (C=O) groups excluding carboxylic acids is 3. The number of likely N-dealkylation sites (N-methyl/N-ethyl adjacent to an activating group) is 1. The van der Waals surface area contributed by atoms with E-state index in [1.54, 1.807) is 35.1 Å². The average Bonchev–Trinajstić information content (AvgIpc) is 3.14. The van der Waals surface area contributed by atoms with Crippen molar-refractivity contribution in [1.82, 2.24) is 20.1 Å². The second-order valence-corrected chi connectivity index (χ2v) is 7.38. The largest absolute Gasteiger partial charge is 0.361 e. The number of amides is 3. The summed E-state index contributed by atoms with van der Waals surface area (Å²) in [6.45, 7) is 2.76. The van der Waals surface area contributed by atoms with E-state index in [-0.39, 0.29) is 23.6 Å². The van der Waals surface area contributed by atoms with Crippen molar-refractivity contribution >= 4 is 28.6 Å². The molecule has 0 saturated carbocycles. The predicted octanol–water partition coefficient (Wildman–Crippen LogP) is 1.65. The Morgan fingerprint density at radius 2 is 1.89 bits per heavy atom. The molecular weight excluding hydrogens is 363 g/mol. The Kier molecular flexibility index (Phi) is 4.78. The van der Waals surface area contributed by atoms with Crippen LogP contribution in [-0.4, -0.2) is 64.2 Å². The van der Waals surface area contributed by atoms with Gasteiger partial charge < -0.3 is 20.1 Å². The lowest BCUT2D eigenvalue weighted by molar-refractivity contribution is -0.153. The average molecular weight is 386 g/mol. The summed E-state index contributed by atoms with van der Waals surface area (Å²) in [4.78, 5) is 44.0. The van der Waals surface area contributed by atoms with Gasteiger partial charge in [0.05, 0.1) is 17.6 Å². The molecule has 3 amide bonds. The summed E-state index contributed by atoms with van der Waals surface area (Å²) in [6.07, 6.45) is 4.07. The second kappa shape index (κ2) is 7.26. The smallest absolute Gasteiger partial charge is 0.312 e. The summed E-state index contributed by atoms with van der Waals surface area (Å²) in [5.74, 6) is -2.07. The number of hydrogen-bond donors (Lipinski definition) is 2. The van der Waals surface area contributed by atoms with E-state index in [0.717, 1.165) is 19.3 Å². The van der Waals surface area contributed by atoms with Gasteiger partial charge in [0, 0.05) is 36.7 Å². The highest BCUT2D eigenvalue weighted by atomic mass is 19.1. The molecule has 2 aliphatic rings. The predicted molar refractivity (Wildman–Crippen MR) is 101 cm³/mol. The number of nitrogens with zero attached hydrogens (tertiary/aromatic N) is 2. The molecule has 2 N–H and O–H groups in total. The molecule has 8 heteroatoms. The first kappa shape index (κ1) is 18.5. The number of aromatic amines is 1. The van der Waals surface area contributed by atoms with Crippen LogP contribution in [-0.2, 0) is 9.59 Å². The number of H-pyrrole nitrogens is 1. The zero-order valence-corrected chi connectivity index (χ0v) is 15.7. The van der Waals surface area contributed by atoms with Crippen LogP contribution >= 0.6 is 0 Å². The van der Waals surface area contributed by atoms with E-state index >= 15 is 0 Å². The maximum absolute atomic E-state index is 14.5. The van der Waals surface area contributed by atoms with Crippen molar-refractivity contribution in [3.63, 3.8) is 0 Å². The van der Waals surface area contributed by atoms with Crippen molar-refractivity contribution in [2.24, 2.45) is 0 Å². The van der Waals surface area contributed by atoms with E-state index in [2.05, 4.69) is 10.3 Å². The summed E-state index contributed by atoms with van der Waals surface area (Å²) in [7, 11) is 0. The molecular formula is C20H23FN4O3. The number of piperazine rings is 1. The maximum Gasteiger partial charge on any atom is 0.312 e. The van der Waals surface area contributed by atoms with Crippen LogP contribution in [0, 0.1) is 5.82 Å². The molecule has 7 nitrogen and oxygen atoms in total. The molecule has 2 unspecified atom stereocenters. The van der Waals surface area contributed by atoms with Crippen LogP contribution in [0.2, 0.25) is 0 Å². The fraction of sp³-hybridized carbons (Fsp3) is 0.450. The molecule has 2 aromatic rings. The number of piperidine rings is 1. The standard InChI is InChI=1S/C20H23FN4O3/c1-2-22-18(26)20(28)25-12-4-3-5-13(25)11-24(10-12)19(27)17-14-8-9-23-16(14)7-6-15(17)21/h6-9,12-13,23H,2-5,10-11H2,1H3,(H,22,26). The Morgan fingerprint density at radius 3 is 2.57 bits per heavy atom. The van der Waals surface area contributed by atoms with E-state index in [1.807, 2.05) is 0 Å². The first-order chi connectivity index (χ1) is 13.5. The van der Waals surface area contributed by atoms with E-state index in [1.165, 1.54) is 6.07 Å². The van der Waals surface area contributed by atoms with Crippen molar-refractivity contribution in [2.45, 2.75) is 38.3 Å². The van der Waals surface area contributed by atoms with Crippen LogP contribution in [0.5, 0.6) is 0 Å². The Balaban J connectivity index is 1.60. The number of benzene rings is 1. The minimum Gasteiger partial charge on any atom is -0.361 e. The quantitative estimate of drug-likeness (QED) is 0.770. The number of likely N-dealkylation sites (tertiary alicyclic amines) is 1. The number of carbonyl (C=O) groups is 3. The lowest BCUT2D eigenvalue weighted by Gasteiger charge is -2.49. The highest BCUT2D eigenvalue weighted by Gasteiger charge is 2.43. The van der Waals surface area contributed by atoms with Gasteiger partial charge in [0.25, 0.3) is 5.91 Å². The van der Waals surface area contributed by atoms with Crippen LogP contribution in [0.3, 0.4) is 0 Å². The third-order valence-corrected chi connectivity index (χ3v) is 5.67. The molecule has 4 rings (SSSR count). The van der Waals surface area contributed by atoms with Crippen molar-refractivity contribution in [3.8, 4) is 0 Å². The Morgan fingerprint density at radius 1 is 1.18 bits per heavy atom. The van der Waals surface area contributed by atoms with Gasteiger partial charge in [-0.1, -0.05) is 0 Å². The summed E-state index contributed by atoms with van der Waals surface area (Å²) in [5.41, 5.74) is 0.760. The van der Waals surface area contributed by atoms with Crippen LogP contribution in [0.1, 0.15) is 36.5 Å². The summed E-state index contributed by atoms with van der Waals surface area (Å²) < 4.78 is 14.5. The molecule has 2 saturated heterocycles. The zero-order valence-electron chi connectivity index (χ0n) is 15.7. The molecule has 0 spiro atoms. The van der Waals surface area contributed by atoms with E-state index < -0.39 is 17.6 Å². The van der Waals surface area contributed by atoms with Gasteiger partial charge in [0.1, 0.15) is 5.82 Å². The highest BCUT2D eigenvalue weighted by molar-refractivity contribution is 6.35. The number of rotatable bonds is 2. The summed E-state index contributed by atoms with van der Waals surface area (Å²) in [6, 6.07) is 4.16. The van der Waals surface area contributed by atoms with Crippen LogP contribution in [0.15, 0.2) is 24.4 Å². The zero-order chi connectivity index (χ0) is 19.8. The molecule has 2 bridgehead atoms.